The van der Waals surface area contributed by atoms with Crippen molar-refractivity contribution in [3.05, 3.63) is 53.1 Å². The van der Waals surface area contributed by atoms with Crippen molar-refractivity contribution in [2.75, 3.05) is 52.6 Å². The summed E-state index contributed by atoms with van der Waals surface area (Å²) in [6.45, 7) is 6.02. The summed E-state index contributed by atoms with van der Waals surface area (Å²) >= 11 is 0. The molecule has 0 unspecified atom stereocenters. The van der Waals surface area contributed by atoms with Crippen molar-refractivity contribution in [2.24, 2.45) is 0 Å². The van der Waals surface area contributed by atoms with Crippen LogP contribution in [-0.2, 0) is 22.4 Å². The maximum Gasteiger partial charge on any atom is 0.246 e. The highest BCUT2D eigenvalue weighted by atomic mass is 16.7. The SMILES string of the molecule is CC1(C)Oc2ccc(CCC(=O)N(CCO)CCO)cc2O1.Cc1ccc(CCC(=O)N(CCO)CCO)cc1O. The molecular weight excluding hydrogens is 532 g/mol. The Morgan fingerprint density at radius 1 is 0.707 bits per heavy atom. The number of rotatable bonds is 14. The number of nitrogens with zero attached hydrogens (tertiary/aromatic N) is 2. The maximum atomic E-state index is 12.1. The summed E-state index contributed by atoms with van der Waals surface area (Å²) < 4.78 is 11.3. The molecule has 228 valence electrons. The molecule has 2 aromatic rings. The molecule has 0 saturated heterocycles. The molecule has 0 aromatic heterocycles. The van der Waals surface area contributed by atoms with Gasteiger partial charge in [-0.3, -0.25) is 9.59 Å². The first-order chi connectivity index (χ1) is 19.5. The number of aryl methyl sites for hydroxylation is 3. The van der Waals surface area contributed by atoms with E-state index in [1.165, 1.54) is 9.80 Å². The lowest BCUT2D eigenvalue weighted by molar-refractivity contribution is -0.132. The van der Waals surface area contributed by atoms with Gasteiger partial charge in [0, 0.05) is 52.9 Å². The zero-order chi connectivity index (χ0) is 30.4. The van der Waals surface area contributed by atoms with Crippen molar-refractivity contribution < 1.29 is 44.6 Å². The van der Waals surface area contributed by atoms with Crippen LogP contribution in [0.15, 0.2) is 36.4 Å². The second-order valence-electron chi connectivity index (χ2n) is 10.2. The number of hydrogen-bond donors (Lipinski definition) is 5. The van der Waals surface area contributed by atoms with Crippen molar-refractivity contribution >= 4 is 11.8 Å². The van der Waals surface area contributed by atoms with E-state index in [0.29, 0.717) is 37.2 Å². The molecule has 2 aromatic carbocycles. The molecule has 0 bridgehead atoms. The molecule has 0 saturated carbocycles. The third-order valence-electron chi connectivity index (χ3n) is 6.43. The molecule has 11 heteroatoms. The summed E-state index contributed by atoms with van der Waals surface area (Å²) in [5.74, 6) is 0.784. The second-order valence-corrected chi connectivity index (χ2v) is 10.2. The number of hydrogen-bond acceptors (Lipinski definition) is 9. The van der Waals surface area contributed by atoms with Gasteiger partial charge in [-0.15, -0.1) is 0 Å². The lowest BCUT2D eigenvalue weighted by atomic mass is 10.1. The van der Waals surface area contributed by atoms with Crippen molar-refractivity contribution in [1.29, 1.82) is 0 Å². The summed E-state index contributed by atoms with van der Waals surface area (Å²) in [6, 6.07) is 11.0. The summed E-state index contributed by atoms with van der Waals surface area (Å²) in [4.78, 5) is 26.9. The van der Waals surface area contributed by atoms with E-state index >= 15 is 0 Å². The lowest BCUT2D eigenvalue weighted by Crippen LogP contribution is -2.35. The largest absolute Gasteiger partial charge is 0.508 e. The normalized spacial score (nSPS) is 12.9. The highest BCUT2D eigenvalue weighted by Crippen LogP contribution is 2.39. The van der Waals surface area contributed by atoms with Gasteiger partial charge in [-0.05, 0) is 54.7 Å². The molecule has 0 fully saturated rings. The van der Waals surface area contributed by atoms with E-state index in [9.17, 15) is 14.7 Å². The first kappa shape index (κ1) is 33.8. The number of carbonyl (C=O) groups excluding carboxylic acids is 2. The minimum atomic E-state index is -0.657. The zero-order valence-corrected chi connectivity index (χ0v) is 24.2. The standard InChI is InChI=1S/C16H23NO5.C14H21NO4/c1-16(2)21-13-5-3-12(11-14(13)22-16)4-6-15(20)17(7-9-18)8-10-19;1-11-2-3-12(10-13(11)18)4-5-14(19)15(6-8-16)7-9-17/h3,5,11,18-19H,4,6-10H2,1-2H3;2-3,10,16-18H,4-9H2,1H3. The van der Waals surface area contributed by atoms with Crippen molar-refractivity contribution in [3.8, 4) is 17.2 Å². The number of fused-ring (bicyclic) bond motifs is 1. The number of aliphatic hydroxyl groups is 4. The number of phenolic OH excluding ortho intramolecular Hbond substituents is 1. The van der Waals surface area contributed by atoms with Gasteiger partial charge in [-0.25, -0.2) is 0 Å². The average molecular weight is 577 g/mol. The molecular formula is C30H44N2O9. The smallest absolute Gasteiger partial charge is 0.246 e. The van der Waals surface area contributed by atoms with Crippen LogP contribution >= 0.6 is 0 Å². The van der Waals surface area contributed by atoms with E-state index in [2.05, 4.69) is 0 Å². The van der Waals surface area contributed by atoms with E-state index in [0.717, 1.165) is 16.7 Å². The number of carbonyl (C=O) groups is 2. The fourth-order valence-electron chi connectivity index (χ4n) is 4.26. The van der Waals surface area contributed by atoms with Gasteiger partial charge in [0.15, 0.2) is 11.5 Å². The zero-order valence-electron chi connectivity index (χ0n) is 24.2. The summed E-state index contributed by atoms with van der Waals surface area (Å²) in [5, 5.41) is 45.2. The van der Waals surface area contributed by atoms with E-state index in [1.807, 2.05) is 51.1 Å². The molecule has 1 aliphatic rings. The van der Waals surface area contributed by atoms with Crippen LogP contribution in [0, 0.1) is 6.92 Å². The Hall–Kier alpha value is -3.38. The maximum absolute atomic E-state index is 12.1. The molecule has 0 atom stereocenters. The van der Waals surface area contributed by atoms with Crippen molar-refractivity contribution in [2.45, 2.75) is 52.2 Å². The molecule has 0 aliphatic carbocycles. The van der Waals surface area contributed by atoms with Gasteiger partial charge < -0.3 is 44.8 Å². The fraction of sp³-hybridized carbons (Fsp3) is 0.533. The van der Waals surface area contributed by atoms with Crippen LogP contribution in [0.2, 0.25) is 0 Å². The number of benzene rings is 2. The Kier molecular flexibility index (Phi) is 13.8. The van der Waals surface area contributed by atoms with E-state index in [-0.39, 0.29) is 70.2 Å². The van der Waals surface area contributed by atoms with E-state index in [1.54, 1.807) is 6.07 Å². The van der Waals surface area contributed by atoms with Crippen LogP contribution in [0.1, 0.15) is 43.4 Å². The summed E-state index contributed by atoms with van der Waals surface area (Å²) in [5.41, 5.74) is 2.68. The lowest BCUT2D eigenvalue weighted by Gasteiger charge is -2.20. The van der Waals surface area contributed by atoms with Crippen LogP contribution in [0.3, 0.4) is 0 Å². The van der Waals surface area contributed by atoms with E-state index in [4.69, 9.17) is 29.9 Å². The van der Waals surface area contributed by atoms with Gasteiger partial charge in [0.2, 0.25) is 17.6 Å². The number of phenols is 1. The van der Waals surface area contributed by atoms with Crippen molar-refractivity contribution in [1.82, 2.24) is 9.80 Å². The van der Waals surface area contributed by atoms with Crippen molar-refractivity contribution in [3.63, 3.8) is 0 Å². The van der Waals surface area contributed by atoms with Crippen LogP contribution in [0.25, 0.3) is 0 Å². The molecule has 41 heavy (non-hydrogen) atoms. The first-order valence-electron chi connectivity index (χ1n) is 13.8. The number of aromatic hydroxyl groups is 1. The fourth-order valence-corrected chi connectivity index (χ4v) is 4.26. The topological polar surface area (TPSA) is 160 Å². The first-order valence-corrected chi connectivity index (χ1v) is 13.8. The highest BCUT2D eigenvalue weighted by Gasteiger charge is 2.31. The van der Waals surface area contributed by atoms with Gasteiger partial charge >= 0.3 is 0 Å². The third kappa shape index (κ3) is 11.2. The molecule has 1 heterocycles. The molecule has 3 rings (SSSR count). The monoisotopic (exact) mass is 576 g/mol. The van der Waals surface area contributed by atoms with Gasteiger partial charge in [0.1, 0.15) is 5.75 Å². The van der Waals surface area contributed by atoms with Gasteiger partial charge in [-0.1, -0.05) is 18.2 Å². The molecule has 0 radical (unpaired) electrons. The Balaban J connectivity index is 0.000000290. The molecule has 11 nitrogen and oxygen atoms in total. The van der Waals surface area contributed by atoms with Gasteiger partial charge in [-0.2, -0.15) is 0 Å². The summed E-state index contributed by atoms with van der Waals surface area (Å²) in [6.07, 6.45) is 1.72. The Labute approximate surface area is 241 Å². The minimum absolute atomic E-state index is 0.0823. The average Bonchev–Trinajstić information content (AvgIpc) is 3.25. The second kappa shape index (κ2) is 16.8. The molecule has 2 amide bonds. The van der Waals surface area contributed by atoms with Gasteiger partial charge in [0.25, 0.3) is 0 Å². The summed E-state index contributed by atoms with van der Waals surface area (Å²) in [7, 11) is 0. The Bertz CT molecular complexity index is 1110. The molecule has 1 aliphatic heterocycles. The number of aliphatic hydroxyl groups excluding tert-OH is 4. The highest BCUT2D eigenvalue weighted by molar-refractivity contribution is 5.77. The third-order valence-corrected chi connectivity index (χ3v) is 6.43. The minimum Gasteiger partial charge on any atom is -0.508 e. The van der Waals surface area contributed by atoms with Gasteiger partial charge in [0.05, 0.1) is 26.4 Å². The van der Waals surface area contributed by atoms with Crippen LogP contribution in [0.4, 0.5) is 0 Å². The predicted octanol–water partition coefficient (Wildman–Crippen LogP) is 1.39. The number of amides is 2. The molecule has 0 spiro atoms. The molecule has 5 N–H and O–H groups in total. The Morgan fingerprint density at radius 3 is 1.61 bits per heavy atom. The van der Waals surface area contributed by atoms with Crippen LogP contribution < -0.4 is 9.47 Å². The van der Waals surface area contributed by atoms with E-state index < -0.39 is 5.79 Å². The predicted molar refractivity (Wildman–Crippen MR) is 153 cm³/mol. The number of ether oxygens (including phenoxy) is 2. The Morgan fingerprint density at radius 2 is 1.15 bits per heavy atom. The van der Waals surface area contributed by atoms with Crippen LogP contribution in [-0.4, -0.2) is 106 Å². The quantitative estimate of drug-likeness (QED) is 0.224. The van der Waals surface area contributed by atoms with Crippen LogP contribution in [0.5, 0.6) is 17.2 Å².